The molecule has 2 saturated heterocycles. The van der Waals surface area contributed by atoms with E-state index in [4.69, 9.17) is 4.74 Å². The van der Waals surface area contributed by atoms with E-state index in [0.717, 1.165) is 37.5 Å². The highest BCUT2D eigenvalue weighted by molar-refractivity contribution is 7.92. The summed E-state index contributed by atoms with van der Waals surface area (Å²) in [6.45, 7) is 4.48. The molecule has 0 spiro atoms. The third kappa shape index (κ3) is 4.42. The van der Waals surface area contributed by atoms with E-state index in [-0.39, 0.29) is 17.8 Å². The maximum Gasteiger partial charge on any atom is 0.237 e. The summed E-state index contributed by atoms with van der Waals surface area (Å²) in [5.74, 6) is 0.839. The average Bonchev–Trinajstić information content (AvgIpc) is 3.27. The molecule has 0 bridgehead atoms. The van der Waals surface area contributed by atoms with Crippen LogP contribution in [0.2, 0.25) is 0 Å². The lowest BCUT2D eigenvalue weighted by Crippen LogP contribution is -2.35. The number of pyridine rings is 1. The SMILES string of the molecule is CCS(=O)(=O)CC(=O)N1CC[C@H](Oc2cccnc2N2CCCC2)C1. The highest BCUT2D eigenvalue weighted by Gasteiger charge is 2.30. The number of hydrogen-bond donors (Lipinski definition) is 0. The van der Waals surface area contributed by atoms with Crippen molar-refractivity contribution in [1.82, 2.24) is 9.88 Å². The maximum absolute atomic E-state index is 12.2. The highest BCUT2D eigenvalue weighted by atomic mass is 32.2. The van der Waals surface area contributed by atoms with E-state index in [2.05, 4.69) is 9.88 Å². The summed E-state index contributed by atoms with van der Waals surface area (Å²) in [4.78, 5) is 20.4. The Morgan fingerprint density at radius 1 is 1.32 bits per heavy atom. The largest absolute Gasteiger partial charge is 0.485 e. The molecule has 138 valence electrons. The number of amides is 1. The fourth-order valence-electron chi connectivity index (χ4n) is 3.25. The molecule has 7 nitrogen and oxygen atoms in total. The number of rotatable bonds is 6. The first-order valence-electron chi connectivity index (χ1n) is 8.83. The monoisotopic (exact) mass is 367 g/mol. The molecule has 1 aromatic rings. The first-order valence-corrected chi connectivity index (χ1v) is 10.7. The minimum Gasteiger partial charge on any atom is -0.485 e. The molecule has 2 fully saturated rings. The number of nitrogens with zero attached hydrogens (tertiary/aromatic N) is 3. The quantitative estimate of drug-likeness (QED) is 0.749. The van der Waals surface area contributed by atoms with Crippen LogP contribution < -0.4 is 9.64 Å². The van der Waals surface area contributed by atoms with Crippen LogP contribution in [-0.4, -0.2) is 68.0 Å². The zero-order valence-corrected chi connectivity index (χ0v) is 15.4. The number of aromatic nitrogens is 1. The second kappa shape index (κ2) is 7.59. The van der Waals surface area contributed by atoms with Crippen molar-refractivity contribution in [3.05, 3.63) is 18.3 Å². The molecule has 25 heavy (non-hydrogen) atoms. The van der Waals surface area contributed by atoms with E-state index >= 15 is 0 Å². The van der Waals surface area contributed by atoms with Gasteiger partial charge < -0.3 is 14.5 Å². The molecule has 1 amide bonds. The second-order valence-electron chi connectivity index (χ2n) is 6.56. The smallest absolute Gasteiger partial charge is 0.237 e. The molecule has 8 heteroatoms. The molecule has 0 aliphatic carbocycles. The first-order chi connectivity index (χ1) is 12.0. The van der Waals surface area contributed by atoms with E-state index in [1.165, 1.54) is 0 Å². The molecule has 1 atom stereocenters. The zero-order chi connectivity index (χ0) is 17.9. The van der Waals surface area contributed by atoms with Crippen LogP contribution in [0, 0.1) is 0 Å². The molecule has 0 saturated carbocycles. The van der Waals surface area contributed by atoms with Crippen molar-refractivity contribution in [1.29, 1.82) is 0 Å². The Morgan fingerprint density at radius 2 is 2.08 bits per heavy atom. The summed E-state index contributed by atoms with van der Waals surface area (Å²) in [6, 6.07) is 3.76. The van der Waals surface area contributed by atoms with E-state index in [1.54, 1.807) is 18.0 Å². The predicted octanol–water partition coefficient (Wildman–Crippen LogP) is 1.10. The molecule has 2 aliphatic heterocycles. The number of sulfone groups is 1. The Hall–Kier alpha value is -1.83. The molecule has 2 aliphatic rings. The number of likely N-dealkylation sites (tertiary alicyclic amines) is 1. The number of carbonyl (C=O) groups excluding carboxylic acids is 1. The van der Waals surface area contributed by atoms with Crippen LogP contribution in [0.25, 0.3) is 0 Å². The van der Waals surface area contributed by atoms with Crippen LogP contribution in [0.1, 0.15) is 26.2 Å². The number of ether oxygens (including phenoxy) is 1. The summed E-state index contributed by atoms with van der Waals surface area (Å²) in [5, 5.41) is 0. The third-order valence-electron chi connectivity index (χ3n) is 4.73. The summed E-state index contributed by atoms with van der Waals surface area (Å²) in [5.41, 5.74) is 0. The van der Waals surface area contributed by atoms with E-state index in [1.807, 2.05) is 12.1 Å². The van der Waals surface area contributed by atoms with Crippen molar-refractivity contribution in [3.63, 3.8) is 0 Å². The maximum atomic E-state index is 12.2. The van der Waals surface area contributed by atoms with Gasteiger partial charge in [-0.25, -0.2) is 13.4 Å². The molecular formula is C17H25N3O4S. The molecular weight excluding hydrogens is 342 g/mol. The van der Waals surface area contributed by atoms with Crippen LogP contribution in [0.5, 0.6) is 5.75 Å². The van der Waals surface area contributed by atoms with Gasteiger partial charge in [0.15, 0.2) is 21.4 Å². The number of anilines is 1. The summed E-state index contributed by atoms with van der Waals surface area (Å²) >= 11 is 0. The molecule has 3 heterocycles. The van der Waals surface area contributed by atoms with E-state index < -0.39 is 15.6 Å². The molecule has 3 rings (SSSR count). The Kier molecular flexibility index (Phi) is 5.46. The normalized spacial score (nSPS) is 20.9. The number of carbonyl (C=O) groups is 1. The first kappa shape index (κ1) is 18.0. The van der Waals surface area contributed by atoms with Gasteiger partial charge in [0.25, 0.3) is 0 Å². The molecule has 0 unspecified atom stereocenters. The van der Waals surface area contributed by atoms with Crippen molar-refractivity contribution in [2.45, 2.75) is 32.3 Å². The van der Waals surface area contributed by atoms with Crippen molar-refractivity contribution in [2.24, 2.45) is 0 Å². The fourth-order valence-corrected chi connectivity index (χ4v) is 4.02. The predicted molar refractivity (Wildman–Crippen MR) is 95.6 cm³/mol. The Balaban J connectivity index is 1.61. The van der Waals surface area contributed by atoms with E-state index in [9.17, 15) is 13.2 Å². The van der Waals surface area contributed by atoms with Gasteiger partial charge in [-0.2, -0.15) is 0 Å². The number of hydrogen-bond acceptors (Lipinski definition) is 6. The van der Waals surface area contributed by atoms with Crippen molar-refractivity contribution in [3.8, 4) is 5.75 Å². The molecule has 0 aromatic carbocycles. The summed E-state index contributed by atoms with van der Waals surface area (Å²) in [7, 11) is -3.30. The van der Waals surface area contributed by atoms with Gasteiger partial charge >= 0.3 is 0 Å². The van der Waals surface area contributed by atoms with Crippen LogP contribution >= 0.6 is 0 Å². The molecule has 0 radical (unpaired) electrons. The van der Waals surface area contributed by atoms with Crippen LogP contribution in [0.4, 0.5) is 5.82 Å². The minimum atomic E-state index is -3.30. The highest BCUT2D eigenvalue weighted by Crippen LogP contribution is 2.30. The average molecular weight is 367 g/mol. The Labute approximate surface area is 148 Å². The van der Waals surface area contributed by atoms with Gasteiger partial charge in [-0.3, -0.25) is 4.79 Å². The Bertz CT molecular complexity index is 716. The lowest BCUT2D eigenvalue weighted by atomic mass is 10.3. The van der Waals surface area contributed by atoms with Crippen molar-refractivity contribution >= 4 is 21.6 Å². The Morgan fingerprint density at radius 3 is 2.80 bits per heavy atom. The van der Waals surface area contributed by atoms with Crippen LogP contribution in [0.3, 0.4) is 0 Å². The molecule has 1 aromatic heterocycles. The summed E-state index contributed by atoms with van der Waals surface area (Å²) in [6.07, 6.45) is 4.66. The van der Waals surface area contributed by atoms with Gasteiger partial charge in [0.2, 0.25) is 5.91 Å². The van der Waals surface area contributed by atoms with Gasteiger partial charge in [-0.05, 0) is 25.0 Å². The standard InChI is InChI=1S/C17H25N3O4S/c1-2-25(22,23)13-16(21)20-11-7-14(12-20)24-15-6-5-8-18-17(15)19-9-3-4-10-19/h5-6,8,14H,2-4,7,9-13H2,1H3/t14-/m0/s1. The van der Waals surface area contributed by atoms with Gasteiger partial charge in [0.1, 0.15) is 11.9 Å². The minimum absolute atomic E-state index is 0.0125. The summed E-state index contributed by atoms with van der Waals surface area (Å²) < 4.78 is 29.4. The lowest BCUT2D eigenvalue weighted by Gasteiger charge is -2.22. The third-order valence-corrected chi connectivity index (χ3v) is 6.30. The van der Waals surface area contributed by atoms with Crippen molar-refractivity contribution in [2.75, 3.05) is 42.6 Å². The topological polar surface area (TPSA) is 79.8 Å². The fraction of sp³-hybridized carbons (Fsp3) is 0.647. The lowest BCUT2D eigenvalue weighted by molar-refractivity contribution is -0.127. The van der Waals surface area contributed by atoms with Gasteiger partial charge in [0, 0.05) is 38.0 Å². The van der Waals surface area contributed by atoms with Crippen molar-refractivity contribution < 1.29 is 17.9 Å². The molecule has 0 N–H and O–H groups in total. The van der Waals surface area contributed by atoms with E-state index in [0.29, 0.717) is 19.5 Å². The van der Waals surface area contributed by atoms with Gasteiger partial charge in [0.05, 0.1) is 6.54 Å². The second-order valence-corrected chi connectivity index (χ2v) is 8.92. The van der Waals surface area contributed by atoms with Crippen LogP contribution in [0.15, 0.2) is 18.3 Å². The van der Waals surface area contributed by atoms with Crippen LogP contribution in [-0.2, 0) is 14.6 Å². The zero-order valence-electron chi connectivity index (χ0n) is 14.6. The van der Waals surface area contributed by atoms with Gasteiger partial charge in [-0.1, -0.05) is 6.92 Å². The van der Waals surface area contributed by atoms with Gasteiger partial charge in [-0.15, -0.1) is 0 Å².